The van der Waals surface area contributed by atoms with E-state index in [-0.39, 0.29) is 0 Å². The average molecular weight is 689 g/mol. The highest BCUT2D eigenvalue weighted by Gasteiger charge is 2.32. The fourth-order valence-corrected chi connectivity index (χ4v) is 7.66. The van der Waals surface area contributed by atoms with Crippen molar-refractivity contribution in [1.29, 1.82) is 0 Å². The molecule has 2 aromatic heterocycles. The molecule has 2 fully saturated rings. The van der Waals surface area contributed by atoms with Crippen LogP contribution in [-0.4, -0.2) is 61.9 Å². The second-order valence-electron chi connectivity index (χ2n) is 13.7. The molecule has 6 heterocycles. The number of benzene rings is 2. The molecule has 0 unspecified atom stereocenters. The Balaban J connectivity index is 1.12. The number of rotatable bonds is 8. The minimum absolute atomic E-state index is 0.512. The first-order valence-corrected chi connectivity index (χ1v) is 18.4. The van der Waals surface area contributed by atoms with Crippen LogP contribution in [0.3, 0.4) is 0 Å². The van der Waals surface area contributed by atoms with Gasteiger partial charge in [0.2, 0.25) is 23.8 Å². The van der Waals surface area contributed by atoms with E-state index < -0.39 is 0 Å². The van der Waals surface area contributed by atoms with Crippen LogP contribution in [0, 0.1) is 0 Å². The monoisotopic (exact) mass is 688 g/mol. The highest BCUT2D eigenvalue weighted by molar-refractivity contribution is 6.24. The van der Waals surface area contributed by atoms with Gasteiger partial charge in [0, 0.05) is 54.7 Å². The molecule has 2 aromatic carbocycles. The van der Waals surface area contributed by atoms with E-state index in [4.69, 9.17) is 9.98 Å². The molecule has 52 heavy (non-hydrogen) atoms. The van der Waals surface area contributed by atoms with E-state index in [2.05, 4.69) is 94.0 Å². The third-order valence-corrected chi connectivity index (χ3v) is 10.3. The molecule has 0 spiro atoms. The maximum atomic E-state index is 5.05. The van der Waals surface area contributed by atoms with E-state index in [0.29, 0.717) is 29.7 Å². The first-order valence-electron chi connectivity index (χ1n) is 18.4. The number of aliphatic imine (C=N–C) groups is 4. The third kappa shape index (κ3) is 6.59. The summed E-state index contributed by atoms with van der Waals surface area (Å²) < 4.78 is 0. The van der Waals surface area contributed by atoms with Gasteiger partial charge in [0.1, 0.15) is 6.34 Å². The van der Waals surface area contributed by atoms with Gasteiger partial charge >= 0.3 is 0 Å². The summed E-state index contributed by atoms with van der Waals surface area (Å²) in [5.41, 5.74) is 8.56. The normalized spacial score (nSPS) is 18.7. The quantitative estimate of drug-likeness (QED) is 0.178. The number of hydrogen-bond acceptors (Lipinski definition) is 12. The lowest BCUT2D eigenvalue weighted by molar-refractivity contribution is 0.578. The Morgan fingerprint density at radius 3 is 2.04 bits per heavy atom. The van der Waals surface area contributed by atoms with Gasteiger partial charge in [0.15, 0.2) is 0 Å². The average Bonchev–Trinajstić information content (AvgIpc) is 3.49. The van der Waals surface area contributed by atoms with Crippen molar-refractivity contribution in [3.05, 3.63) is 108 Å². The van der Waals surface area contributed by atoms with Gasteiger partial charge in [-0.15, -0.1) is 0 Å². The van der Waals surface area contributed by atoms with Crippen molar-refractivity contribution >= 4 is 58.6 Å². The molecule has 1 aliphatic carbocycles. The SMILES string of the molecule is C1=NC2=NC(c3ccc(C4CCCCCC4)cc3Nc3ncccn3)=CC3=CC(c4ccc(N5CCCCC5)cc4Nc4ncccn4)=NC(=N1)N32. The van der Waals surface area contributed by atoms with Crippen molar-refractivity contribution in [2.45, 2.75) is 63.7 Å². The van der Waals surface area contributed by atoms with Gasteiger partial charge in [-0.1, -0.05) is 37.8 Å². The zero-order chi connectivity index (χ0) is 34.7. The van der Waals surface area contributed by atoms with Gasteiger partial charge in [-0.05, 0) is 92.1 Å². The number of nitrogens with zero attached hydrogens (tertiary/aromatic N) is 10. The van der Waals surface area contributed by atoms with Crippen LogP contribution in [0.25, 0.3) is 5.70 Å². The Morgan fingerprint density at radius 1 is 0.635 bits per heavy atom. The summed E-state index contributed by atoms with van der Waals surface area (Å²) in [6, 6.07) is 16.8. The Hall–Kier alpha value is -6.04. The second kappa shape index (κ2) is 14.3. The van der Waals surface area contributed by atoms with Gasteiger partial charge in [0.05, 0.1) is 28.5 Å². The Labute approximate surface area is 303 Å². The van der Waals surface area contributed by atoms with Crippen molar-refractivity contribution in [3.63, 3.8) is 0 Å². The molecule has 1 saturated heterocycles. The summed E-state index contributed by atoms with van der Waals surface area (Å²) in [6.07, 6.45) is 23.9. The van der Waals surface area contributed by atoms with Crippen molar-refractivity contribution < 1.29 is 0 Å². The van der Waals surface area contributed by atoms with E-state index >= 15 is 0 Å². The topological polar surface area (TPSA) is 132 Å². The lowest BCUT2D eigenvalue weighted by Crippen LogP contribution is -2.40. The van der Waals surface area contributed by atoms with Crippen LogP contribution in [0.4, 0.5) is 29.0 Å². The van der Waals surface area contributed by atoms with Crippen LogP contribution >= 0.6 is 0 Å². The maximum absolute atomic E-state index is 5.05. The van der Waals surface area contributed by atoms with Crippen molar-refractivity contribution in [2.75, 3.05) is 28.6 Å². The number of allylic oxidation sites excluding steroid dienone is 2. The van der Waals surface area contributed by atoms with Gasteiger partial charge < -0.3 is 15.5 Å². The molecule has 12 nitrogen and oxygen atoms in total. The number of nitrogens with one attached hydrogen (secondary N) is 2. The highest BCUT2D eigenvalue weighted by Crippen LogP contribution is 2.39. The molecule has 4 aromatic rings. The lowest BCUT2D eigenvalue weighted by Gasteiger charge is -2.32. The summed E-state index contributed by atoms with van der Waals surface area (Å²) in [7, 11) is 0. The number of guanidine groups is 2. The van der Waals surface area contributed by atoms with Crippen LogP contribution in [0.5, 0.6) is 0 Å². The van der Waals surface area contributed by atoms with Gasteiger partial charge in [-0.25, -0.2) is 44.8 Å². The van der Waals surface area contributed by atoms with E-state index in [9.17, 15) is 0 Å². The fraction of sp³-hybridized carbons (Fsp3) is 0.300. The lowest BCUT2D eigenvalue weighted by atomic mass is 9.90. The minimum Gasteiger partial charge on any atom is -0.371 e. The zero-order valence-electron chi connectivity index (χ0n) is 29.0. The van der Waals surface area contributed by atoms with Gasteiger partial charge in [0.25, 0.3) is 0 Å². The summed E-state index contributed by atoms with van der Waals surface area (Å²) in [5, 5.41) is 7.00. The minimum atomic E-state index is 0.512. The molecule has 12 heteroatoms. The van der Waals surface area contributed by atoms with Crippen LogP contribution in [-0.2, 0) is 0 Å². The van der Waals surface area contributed by atoms with E-state index in [0.717, 1.165) is 52.7 Å². The molecular formula is C40H40N12. The number of anilines is 5. The summed E-state index contributed by atoms with van der Waals surface area (Å²) in [4.78, 5) is 41.5. The van der Waals surface area contributed by atoms with Crippen LogP contribution in [0.2, 0.25) is 0 Å². The molecule has 1 saturated carbocycles. The first kappa shape index (κ1) is 31.9. The maximum Gasteiger partial charge on any atom is 0.239 e. The summed E-state index contributed by atoms with van der Waals surface area (Å²) in [5.74, 6) is 2.62. The Kier molecular flexibility index (Phi) is 8.77. The zero-order valence-corrected chi connectivity index (χ0v) is 29.0. The van der Waals surface area contributed by atoms with Gasteiger partial charge in [-0.3, -0.25) is 0 Å². The predicted molar refractivity (Wildman–Crippen MR) is 208 cm³/mol. The molecule has 5 aliphatic rings. The van der Waals surface area contributed by atoms with Crippen LogP contribution in [0.15, 0.2) is 111 Å². The van der Waals surface area contributed by atoms with E-state index in [1.54, 1.807) is 24.8 Å². The van der Waals surface area contributed by atoms with E-state index in [1.807, 2.05) is 17.0 Å². The van der Waals surface area contributed by atoms with Crippen LogP contribution in [0.1, 0.15) is 80.4 Å². The summed E-state index contributed by atoms with van der Waals surface area (Å²) >= 11 is 0. The smallest absolute Gasteiger partial charge is 0.239 e. The molecule has 9 rings (SSSR count). The van der Waals surface area contributed by atoms with Crippen molar-refractivity contribution in [3.8, 4) is 0 Å². The molecule has 4 aliphatic heterocycles. The largest absolute Gasteiger partial charge is 0.371 e. The van der Waals surface area contributed by atoms with Gasteiger partial charge in [-0.2, -0.15) is 0 Å². The summed E-state index contributed by atoms with van der Waals surface area (Å²) in [6.45, 7) is 2.09. The fourth-order valence-electron chi connectivity index (χ4n) is 7.66. The Morgan fingerprint density at radius 2 is 1.31 bits per heavy atom. The standard InChI is InChI=1S/C40H40N12/c1-2-5-11-27(10-4-1)28-12-14-31(33(22-28)47-37-41-16-8-17-42-37)35-24-30-25-36(50-40-46-26-45-39(49-35)52(30)40)32-15-13-29(51-20-6-3-7-21-51)23-34(32)48-38-43-18-9-19-44-38/h8-9,12-19,22-27H,1-7,10-11,20-21H2,(H,41,42,47)(H,43,44,48). The van der Waals surface area contributed by atoms with Crippen LogP contribution < -0.4 is 15.5 Å². The molecule has 0 bridgehead atoms. The molecule has 0 radical (unpaired) electrons. The molecule has 0 atom stereocenters. The van der Waals surface area contributed by atoms with Crippen molar-refractivity contribution in [1.82, 2.24) is 24.8 Å². The number of aromatic nitrogens is 4. The number of piperidine rings is 1. The molecule has 2 N–H and O–H groups in total. The highest BCUT2D eigenvalue weighted by atomic mass is 15.4. The predicted octanol–water partition coefficient (Wildman–Crippen LogP) is 7.98. The molecular weight excluding hydrogens is 649 g/mol. The first-order chi connectivity index (χ1) is 25.7. The van der Waals surface area contributed by atoms with E-state index in [1.165, 1.54) is 75.4 Å². The molecule has 0 amide bonds. The Bertz CT molecular complexity index is 2140. The number of hydrogen-bond donors (Lipinski definition) is 2. The molecule has 260 valence electrons. The second-order valence-corrected chi connectivity index (χ2v) is 13.7. The van der Waals surface area contributed by atoms with Crippen molar-refractivity contribution in [2.24, 2.45) is 20.0 Å². The third-order valence-electron chi connectivity index (χ3n) is 10.3.